The van der Waals surface area contributed by atoms with Crippen LogP contribution in [0.25, 0.3) is 11.0 Å². The van der Waals surface area contributed by atoms with E-state index in [0.717, 1.165) is 24.6 Å². The van der Waals surface area contributed by atoms with Crippen molar-refractivity contribution in [3.05, 3.63) is 54.4 Å². The number of H-pyrrole nitrogens is 1. The van der Waals surface area contributed by atoms with Gasteiger partial charge in [0.25, 0.3) is 0 Å². The molecule has 0 atom stereocenters. The maximum absolute atomic E-state index is 13.7. The van der Waals surface area contributed by atoms with E-state index in [1.54, 1.807) is 6.07 Å². The van der Waals surface area contributed by atoms with Crippen molar-refractivity contribution < 1.29 is 40.3 Å². The third kappa shape index (κ3) is 6.59. The van der Waals surface area contributed by atoms with E-state index in [0.29, 0.717) is 28.4 Å². The molecule has 0 spiro atoms. The summed E-state index contributed by atoms with van der Waals surface area (Å²) in [4.78, 5) is 20.6. The molecule has 4 aromatic rings. The fourth-order valence-corrected chi connectivity index (χ4v) is 3.34. The molecule has 0 amide bonds. The van der Waals surface area contributed by atoms with Crippen LogP contribution in [-0.2, 0) is 14.6 Å². The van der Waals surface area contributed by atoms with Gasteiger partial charge in [-0.25, -0.2) is 32.0 Å². The lowest BCUT2D eigenvalue weighted by Crippen LogP contribution is -2.21. The number of pyridine rings is 1. The molecule has 17 heteroatoms. The van der Waals surface area contributed by atoms with Gasteiger partial charge in [-0.15, -0.1) is 0 Å². The predicted octanol–water partition coefficient (Wildman–Crippen LogP) is 3.55. The maximum atomic E-state index is 13.7. The highest BCUT2D eigenvalue weighted by Gasteiger charge is 2.38. The van der Waals surface area contributed by atoms with Gasteiger partial charge in [-0.05, 0) is 30.3 Å². The van der Waals surface area contributed by atoms with Crippen molar-refractivity contribution in [3.63, 3.8) is 0 Å². The zero-order valence-corrected chi connectivity index (χ0v) is 18.6. The van der Waals surface area contributed by atoms with Gasteiger partial charge in [0.2, 0.25) is 5.95 Å². The Labute approximate surface area is 198 Å². The van der Waals surface area contributed by atoms with Crippen LogP contribution in [0.15, 0.2) is 47.6 Å². The lowest BCUT2D eigenvalue weighted by molar-refractivity contribution is -0.192. The zero-order valence-electron chi connectivity index (χ0n) is 17.8. The van der Waals surface area contributed by atoms with Crippen molar-refractivity contribution in [2.75, 3.05) is 16.9 Å². The third-order valence-corrected chi connectivity index (χ3v) is 5.23. The number of aromatic nitrogens is 5. The number of benzene rings is 1. The SMILES string of the molecule is CS(=O)(=O)c1cc(Nc2nccc(Nc3[nH]nc4ncc(F)cc34)n2)ccc1F.O=C(O)C(F)(F)F. The van der Waals surface area contributed by atoms with Crippen LogP contribution in [0.4, 0.5) is 45.2 Å². The highest BCUT2D eigenvalue weighted by Crippen LogP contribution is 2.24. The van der Waals surface area contributed by atoms with E-state index < -0.39 is 38.5 Å². The minimum atomic E-state index is -5.08. The minimum Gasteiger partial charge on any atom is -0.475 e. The van der Waals surface area contributed by atoms with Crippen molar-refractivity contribution in [1.82, 2.24) is 25.1 Å². The van der Waals surface area contributed by atoms with Crippen LogP contribution in [0.5, 0.6) is 0 Å². The van der Waals surface area contributed by atoms with Gasteiger partial charge in [-0.2, -0.15) is 23.3 Å². The van der Waals surface area contributed by atoms with Crippen LogP contribution in [0.2, 0.25) is 0 Å². The van der Waals surface area contributed by atoms with E-state index in [-0.39, 0.29) is 5.95 Å². The highest BCUT2D eigenvalue weighted by molar-refractivity contribution is 7.90. The second-order valence-electron chi connectivity index (χ2n) is 6.86. The summed E-state index contributed by atoms with van der Waals surface area (Å²) in [5, 5.41) is 20.0. The summed E-state index contributed by atoms with van der Waals surface area (Å²) in [5.41, 5.74) is 0.628. The van der Waals surface area contributed by atoms with E-state index >= 15 is 0 Å². The normalized spacial score (nSPS) is 11.5. The molecule has 4 N–H and O–H groups in total. The lowest BCUT2D eigenvalue weighted by atomic mass is 10.3. The first kappa shape index (κ1) is 26.2. The topological polar surface area (TPSA) is 163 Å². The molecule has 1 aromatic carbocycles. The molecule has 0 radical (unpaired) electrons. The number of rotatable bonds is 5. The molecule has 4 rings (SSSR count). The monoisotopic (exact) mass is 531 g/mol. The van der Waals surface area contributed by atoms with Crippen molar-refractivity contribution in [2.24, 2.45) is 0 Å². The summed E-state index contributed by atoms with van der Waals surface area (Å²) in [7, 11) is -3.73. The summed E-state index contributed by atoms with van der Waals surface area (Å²) < 4.78 is 82.3. The predicted molar refractivity (Wildman–Crippen MR) is 116 cm³/mol. The Balaban J connectivity index is 0.000000454. The molecule has 3 heterocycles. The van der Waals surface area contributed by atoms with Crippen molar-refractivity contribution >= 4 is 50.1 Å². The van der Waals surface area contributed by atoms with Gasteiger partial charge < -0.3 is 15.7 Å². The molecule has 0 fully saturated rings. The number of carbonyl (C=O) groups is 1. The Bertz CT molecular complexity index is 1530. The fourth-order valence-electron chi connectivity index (χ4n) is 2.58. The lowest BCUT2D eigenvalue weighted by Gasteiger charge is -2.09. The standard InChI is InChI=1S/C17H13F2N7O2S.C2HF3O2/c1-29(27,28)13-7-10(2-3-12(13)19)22-17-20-5-4-14(24-17)23-16-11-6-9(18)8-21-15(11)25-26-16;3-2(4,5)1(6)7/h2-8H,1H3,(H3,20,21,22,23,24,25,26);(H,6,7). The minimum absolute atomic E-state index is 0.134. The largest absolute Gasteiger partial charge is 0.490 e. The summed E-state index contributed by atoms with van der Waals surface area (Å²) >= 11 is 0. The molecule has 0 unspecified atom stereocenters. The number of hydrogen-bond acceptors (Lipinski definition) is 9. The van der Waals surface area contributed by atoms with Gasteiger partial charge in [0.1, 0.15) is 28.2 Å². The van der Waals surface area contributed by atoms with Crippen LogP contribution in [0.3, 0.4) is 0 Å². The van der Waals surface area contributed by atoms with Crippen LogP contribution < -0.4 is 10.6 Å². The number of halogens is 5. The number of nitrogens with one attached hydrogen (secondary N) is 3. The summed E-state index contributed by atoms with van der Waals surface area (Å²) in [6.45, 7) is 0. The summed E-state index contributed by atoms with van der Waals surface area (Å²) in [6.07, 6.45) is -1.65. The van der Waals surface area contributed by atoms with Crippen LogP contribution in [-0.4, -0.2) is 57.1 Å². The molecular formula is C19H14F5N7O4S. The Kier molecular flexibility index (Phi) is 7.32. The number of carboxylic acid groups (broad SMARTS) is 1. The number of sulfone groups is 1. The maximum Gasteiger partial charge on any atom is 0.490 e. The van der Waals surface area contributed by atoms with Gasteiger partial charge in [0, 0.05) is 18.1 Å². The average molecular weight is 531 g/mol. The Hall–Kier alpha value is -4.41. The summed E-state index contributed by atoms with van der Waals surface area (Å²) in [6, 6.07) is 6.41. The molecule has 3 aromatic heterocycles. The molecule has 0 saturated carbocycles. The molecule has 190 valence electrons. The Morgan fingerprint density at radius 1 is 1.08 bits per heavy atom. The van der Waals surface area contributed by atoms with E-state index in [1.807, 2.05) is 0 Å². The average Bonchev–Trinajstić information content (AvgIpc) is 3.16. The highest BCUT2D eigenvalue weighted by atomic mass is 32.2. The molecule has 0 bridgehead atoms. The van der Waals surface area contributed by atoms with Gasteiger partial charge >= 0.3 is 12.1 Å². The van der Waals surface area contributed by atoms with Crippen molar-refractivity contribution in [3.8, 4) is 0 Å². The second-order valence-corrected chi connectivity index (χ2v) is 8.84. The number of fused-ring (bicyclic) bond motifs is 1. The number of alkyl halides is 3. The summed E-state index contributed by atoms with van der Waals surface area (Å²) in [5.74, 6) is -3.24. The van der Waals surface area contributed by atoms with Crippen molar-refractivity contribution in [1.29, 1.82) is 0 Å². The first-order valence-electron chi connectivity index (χ1n) is 9.40. The molecule has 0 saturated heterocycles. The number of nitrogens with zero attached hydrogens (tertiary/aromatic N) is 4. The zero-order chi connectivity index (χ0) is 26.7. The number of carboxylic acids is 1. The van der Waals surface area contributed by atoms with Gasteiger partial charge in [-0.3, -0.25) is 5.10 Å². The van der Waals surface area contributed by atoms with Gasteiger partial charge in [0.05, 0.1) is 11.6 Å². The Morgan fingerprint density at radius 3 is 2.42 bits per heavy atom. The van der Waals surface area contributed by atoms with E-state index in [1.165, 1.54) is 18.3 Å². The van der Waals surface area contributed by atoms with Gasteiger partial charge in [0.15, 0.2) is 15.5 Å². The second kappa shape index (κ2) is 10.1. The molecular weight excluding hydrogens is 517 g/mol. The number of hydrogen-bond donors (Lipinski definition) is 4. The van der Waals surface area contributed by atoms with Crippen LogP contribution in [0, 0.1) is 11.6 Å². The van der Waals surface area contributed by atoms with E-state index in [2.05, 4.69) is 35.8 Å². The smallest absolute Gasteiger partial charge is 0.475 e. The van der Waals surface area contributed by atoms with Crippen LogP contribution >= 0.6 is 0 Å². The molecule has 11 nitrogen and oxygen atoms in total. The van der Waals surface area contributed by atoms with Crippen molar-refractivity contribution in [2.45, 2.75) is 11.1 Å². The molecule has 0 aliphatic heterocycles. The molecule has 0 aliphatic carbocycles. The van der Waals surface area contributed by atoms with Gasteiger partial charge in [-0.1, -0.05) is 0 Å². The first-order chi connectivity index (χ1) is 16.7. The quantitative estimate of drug-likeness (QED) is 0.280. The van der Waals surface area contributed by atoms with E-state index in [4.69, 9.17) is 9.90 Å². The number of aromatic amines is 1. The van der Waals surface area contributed by atoms with Crippen LogP contribution in [0.1, 0.15) is 0 Å². The third-order valence-electron chi connectivity index (χ3n) is 4.11. The molecule has 0 aliphatic rings. The Morgan fingerprint density at radius 2 is 1.78 bits per heavy atom. The fraction of sp³-hybridized carbons (Fsp3) is 0.105. The number of aliphatic carboxylic acids is 1. The first-order valence-corrected chi connectivity index (χ1v) is 11.3. The molecule has 36 heavy (non-hydrogen) atoms. The number of anilines is 4. The van der Waals surface area contributed by atoms with E-state index in [9.17, 15) is 30.4 Å².